The molecule has 0 saturated carbocycles. The Morgan fingerprint density at radius 1 is 0.545 bits per heavy atom. The third-order valence-electron chi connectivity index (χ3n) is 4.81. The first kappa shape index (κ1) is 25.7. The number of nitro groups is 4. The van der Waals surface area contributed by atoms with Gasteiger partial charge in [0.1, 0.15) is 0 Å². The molecule has 2 aromatic rings. The van der Waals surface area contributed by atoms with Crippen LogP contribution in [0.2, 0.25) is 0 Å². The standard InChI is InChI=1S/C18H22N6O8Te/c1-11-7-13(3)17(14(4)8-11)33(19(21(25)26)22(27)28,20(23(29)30)24(31)32)18-15(5)9-12(2)10-16(18)6/h7-10H,1-6H3. The third-order valence-corrected chi connectivity index (χ3v) is 16.0. The fraction of sp³-hybridized carbons (Fsp3) is 0.333. The normalized spacial score (nSPS) is 11.6. The van der Waals surface area contributed by atoms with Crippen molar-refractivity contribution in [2.75, 3.05) is 0 Å². The summed E-state index contributed by atoms with van der Waals surface area (Å²) in [4.78, 5) is 48.5. The zero-order valence-electron chi connectivity index (χ0n) is 18.7. The van der Waals surface area contributed by atoms with E-state index in [1.807, 2.05) is 0 Å². The summed E-state index contributed by atoms with van der Waals surface area (Å²) in [7, 11) is 0. The van der Waals surface area contributed by atoms with Gasteiger partial charge in [0.05, 0.1) is 0 Å². The molecule has 0 heterocycles. The molecule has 14 nitrogen and oxygen atoms in total. The summed E-state index contributed by atoms with van der Waals surface area (Å²) in [5, 5.41) is 42.9. The Balaban J connectivity index is 3.41. The molecule has 0 unspecified atom stereocenters. The average molecular weight is 578 g/mol. The van der Waals surface area contributed by atoms with Crippen LogP contribution in [-0.2, 0) is 0 Å². The van der Waals surface area contributed by atoms with Gasteiger partial charge in [0.25, 0.3) is 0 Å². The van der Waals surface area contributed by atoms with Gasteiger partial charge in [0.15, 0.2) is 0 Å². The molecule has 0 amide bonds. The van der Waals surface area contributed by atoms with E-state index < -0.39 is 45.6 Å². The summed E-state index contributed by atoms with van der Waals surface area (Å²) in [5.74, 6) is 0. The van der Waals surface area contributed by atoms with Gasteiger partial charge >= 0.3 is 192 Å². The Hall–Kier alpha value is -3.57. The number of rotatable bonds is 8. The Kier molecular flexibility index (Phi) is 7.10. The molecular formula is C18H22N6O8Te. The average Bonchev–Trinajstić information content (AvgIpc) is 2.58. The van der Waals surface area contributed by atoms with Gasteiger partial charge in [-0.1, -0.05) is 0 Å². The molecule has 0 N–H and O–H groups in total. The van der Waals surface area contributed by atoms with Crippen molar-refractivity contribution < 1.29 is 20.1 Å². The van der Waals surface area contributed by atoms with Crippen molar-refractivity contribution in [3.8, 4) is 0 Å². The molecule has 0 fully saturated rings. The zero-order chi connectivity index (χ0) is 25.4. The van der Waals surface area contributed by atoms with E-state index in [2.05, 4.69) is 0 Å². The molecule has 0 spiro atoms. The number of hydrogen-bond donors (Lipinski definition) is 0. The van der Waals surface area contributed by atoms with Gasteiger partial charge in [0, 0.05) is 0 Å². The van der Waals surface area contributed by atoms with Crippen molar-refractivity contribution in [1.29, 1.82) is 0 Å². The Labute approximate surface area is 192 Å². The van der Waals surface area contributed by atoms with Crippen LogP contribution >= 0.6 is 0 Å². The van der Waals surface area contributed by atoms with E-state index in [1.54, 1.807) is 13.8 Å². The summed E-state index contributed by atoms with van der Waals surface area (Å²) in [6.45, 7) is 9.32. The maximum atomic E-state index is 12.1. The first-order valence-electron chi connectivity index (χ1n) is 9.34. The molecule has 0 aromatic heterocycles. The Morgan fingerprint density at radius 3 is 0.939 bits per heavy atom. The van der Waals surface area contributed by atoms with Gasteiger partial charge < -0.3 is 0 Å². The molecule has 33 heavy (non-hydrogen) atoms. The second-order valence-corrected chi connectivity index (χ2v) is 14.8. The molecule has 178 valence electrons. The van der Waals surface area contributed by atoms with Crippen LogP contribution < -0.4 is 7.22 Å². The number of hydrazine groups is 4. The summed E-state index contributed by atoms with van der Waals surface area (Å²) < 4.78 is -1.19. The number of nitrogens with zero attached hydrogens (tertiary/aromatic N) is 6. The number of benzene rings is 2. The topological polar surface area (TPSA) is 179 Å². The van der Waals surface area contributed by atoms with Crippen molar-refractivity contribution in [2.24, 2.45) is 0 Å². The zero-order valence-corrected chi connectivity index (χ0v) is 21.0. The van der Waals surface area contributed by atoms with Gasteiger partial charge in [-0.25, -0.2) is 0 Å². The van der Waals surface area contributed by atoms with Crippen LogP contribution in [0, 0.1) is 82.0 Å². The van der Waals surface area contributed by atoms with Gasteiger partial charge in [0.2, 0.25) is 0 Å². The number of aryl methyl sites for hydroxylation is 6. The van der Waals surface area contributed by atoms with Crippen LogP contribution in [0.5, 0.6) is 0 Å². The van der Waals surface area contributed by atoms with Crippen molar-refractivity contribution in [2.45, 2.75) is 41.5 Å². The van der Waals surface area contributed by atoms with E-state index in [0.717, 1.165) is 0 Å². The summed E-state index contributed by atoms with van der Waals surface area (Å²) in [6.07, 6.45) is 0. The van der Waals surface area contributed by atoms with E-state index >= 15 is 0 Å². The van der Waals surface area contributed by atoms with Gasteiger partial charge in [-0.2, -0.15) is 0 Å². The Bertz CT molecular complexity index is 1020. The summed E-state index contributed by atoms with van der Waals surface area (Å²) in [6, 6.07) is 6.16. The van der Waals surface area contributed by atoms with Gasteiger partial charge in [-0.15, -0.1) is 0 Å². The molecular weight excluding hydrogens is 556 g/mol. The first-order chi connectivity index (χ1) is 15.2. The van der Waals surface area contributed by atoms with Gasteiger partial charge in [-0.3, -0.25) is 0 Å². The molecule has 2 rings (SSSR count). The molecule has 2 aromatic carbocycles. The minimum absolute atomic E-state index is 0.125. The monoisotopic (exact) mass is 580 g/mol. The fourth-order valence-electron chi connectivity index (χ4n) is 4.23. The maximum absolute atomic E-state index is 12.1. The van der Waals surface area contributed by atoms with Crippen molar-refractivity contribution in [1.82, 2.24) is 6.74 Å². The molecule has 0 bridgehead atoms. The molecule has 0 aliphatic carbocycles. The van der Waals surface area contributed by atoms with E-state index in [1.165, 1.54) is 52.0 Å². The van der Waals surface area contributed by atoms with E-state index in [0.29, 0.717) is 11.1 Å². The van der Waals surface area contributed by atoms with Crippen LogP contribution in [0.25, 0.3) is 0 Å². The molecule has 0 aliphatic rings. The minimum atomic E-state index is -6.24. The molecule has 0 radical (unpaired) electrons. The predicted molar refractivity (Wildman–Crippen MR) is 118 cm³/mol. The van der Waals surface area contributed by atoms with Crippen LogP contribution in [0.3, 0.4) is 0 Å². The third kappa shape index (κ3) is 4.24. The second kappa shape index (κ2) is 9.12. The first-order valence-corrected chi connectivity index (χ1v) is 13.8. The van der Waals surface area contributed by atoms with Crippen molar-refractivity contribution in [3.63, 3.8) is 0 Å². The van der Waals surface area contributed by atoms with Crippen LogP contribution in [0.4, 0.5) is 0 Å². The number of hydrogen-bond acceptors (Lipinski definition) is 8. The SMILES string of the molecule is Cc1cc(C)c([Te](c2c(C)cc(C)cc2C)(N([N+](=O)[O-])[N+](=O)[O-])N([N+](=O)[O-])[N+](=O)[O-])c(C)c1. The van der Waals surface area contributed by atoms with Crippen LogP contribution in [0.1, 0.15) is 33.4 Å². The fourth-order valence-corrected chi connectivity index (χ4v) is 15.1. The quantitative estimate of drug-likeness (QED) is 0.253. The molecule has 0 aliphatic heterocycles. The van der Waals surface area contributed by atoms with E-state index in [-0.39, 0.29) is 29.5 Å². The van der Waals surface area contributed by atoms with E-state index in [4.69, 9.17) is 0 Å². The molecule has 15 heteroatoms. The van der Waals surface area contributed by atoms with E-state index in [9.17, 15) is 40.5 Å². The van der Waals surface area contributed by atoms with Crippen LogP contribution in [0.15, 0.2) is 24.3 Å². The van der Waals surface area contributed by atoms with Crippen LogP contribution in [-0.4, -0.2) is 45.6 Å². The van der Waals surface area contributed by atoms with Gasteiger partial charge in [-0.05, 0) is 0 Å². The Morgan fingerprint density at radius 2 is 0.758 bits per heavy atom. The summed E-state index contributed by atoms with van der Waals surface area (Å²) in [5.41, 5.74) is 2.35. The van der Waals surface area contributed by atoms with Crippen molar-refractivity contribution in [3.05, 3.63) is 98.1 Å². The summed E-state index contributed by atoms with van der Waals surface area (Å²) >= 11 is -6.24. The molecule has 0 atom stereocenters. The van der Waals surface area contributed by atoms with Crippen molar-refractivity contribution >= 4 is 25.9 Å². The second-order valence-electron chi connectivity index (χ2n) is 7.46. The molecule has 0 saturated heterocycles. The predicted octanol–water partition coefficient (Wildman–Crippen LogP) is 1.46.